The molecule has 6 rings (SSSR count). The SMILES string of the molecule is CCOC(=O)/C=N\N=C(\C=P(c1ccccc1)(c1ccccc1)c1ccccc1)C[P+](c1ccccc1)(c1ccccc1)c1ccccc1.[Br-]. The van der Waals surface area contributed by atoms with Gasteiger partial charge in [-0.15, -0.1) is 0 Å². The van der Waals surface area contributed by atoms with Gasteiger partial charge in [-0.05, 0) is 71.9 Å². The molecule has 0 aliphatic carbocycles. The number of rotatable bonds is 12. The number of esters is 1. The number of carbonyl (C=O) groups excluding carboxylic acids is 1. The second-order valence-corrected chi connectivity index (χ2v) is 18.2. The molecule has 0 aliphatic heterocycles. The van der Waals surface area contributed by atoms with Gasteiger partial charge in [0.1, 0.15) is 41.3 Å². The van der Waals surface area contributed by atoms with E-state index in [4.69, 9.17) is 9.84 Å². The van der Waals surface area contributed by atoms with E-state index in [0.717, 1.165) is 5.71 Å². The van der Waals surface area contributed by atoms with Crippen molar-refractivity contribution in [1.29, 1.82) is 0 Å². The molecule has 0 atom stereocenters. The zero-order valence-corrected chi connectivity index (χ0v) is 31.2. The van der Waals surface area contributed by atoms with Gasteiger partial charge in [-0.1, -0.05) is 146 Å². The van der Waals surface area contributed by atoms with Crippen LogP contribution in [0.15, 0.2) is 192 Å². The zero-order chi connectivity index (χ0) is 33.8. The zero-order valence-electron chi connectivity index (χ0n) is 27.9. The molecule has 0 saturated heterocycles. The number of carbonyl (C=O) groups is 1. The summed E-state index contributed by atoms with van der Waals surface area (Å²) in [5.41, 5.74) is 0.801. The molecule has 0 spiro atoms. The van der Waals surface area contributed by atoms with E-state index in [2.05, 4.69) is 193 Å². The van der Waals surface area contributed by atoms with Crippen LogP contribution in [0.3, 0.4) is 0 Å². The van der Waals surface area contributed by atoms with Crippen molar-refractivity contribution in [3.05, 3.63) is 182 Å². The highest BCUT2D eigenvalue weighted by atomic mass is 79.9. The van der Waals surface area contributed by atoms with Crippen molar-refractivity contribution in [1.82, 2.24) is 0 Å². The Balaban J connectivity index is 0.00000486. The van der Waals surface area contributed by atoms with Crippen molar-refractivity contribution in [3.8, 4) is 0 Å². The van der Waals surface area contributed by atoms with Crippen LogP contribution in [0.5, 0.6) is 0 Å². The third kappa shape index (κ3) is 8.03. The highest BCUT2D eigenvalue weighted by molar-refractivity contribution is 7.97. The van der Waals surface area contributed by atoms with Crippen LogP contribution in [-0.2, 0) is 9.53 Å². The van der Waals surface area contributed by atoms with Gasteiger partial charge in [0.15, 0.2) is 0 Å². The lowest BCUT2D eigenvalue weighted by molar-refractivity contribution is -0.134. The molecule has 0 heterocycles. The topological polar surface area (TPSA) is 51.0 Å². The Morgan fingerprint density at radius 1 is 0.580 bits per heavy atom. The molecule has 0 unspecified atom stereocenters. The summed E-state index contributed by atoms with van der Waals surface area (Å²) in [6.07, 6.45) is 1.76. The van der Waals surface area contributed by atoms with Gasteiger partial charge < -0.3 is 21.7 Å². The van der Waals surface area contributed by atoms with Gasteiger partial charge in [-0.3, -0.25) is 0 Å². The van der Waals surface area contributed by atoms with Crippen molar-refractivity contribution in [2.45, 2.75) is 6.92 Å². The Bertz CT molecular complexity index is 1860. The van der Waals surface area contributed by atoms with Crippen molar-refractivity contribution in [2.75, 3.05) is 12.8 Å². The quantitative estimate of drug-likeness (QED) is 0.0828. The average Bonchev–Trinajstić information content (AvgIpc) is 3.18. The number of halogens is 1. The van der Waals surface area contributed by atoms with Crippen molar-refractivity contribution >= 4 is 69.7 Å². The van der Waals surface area contributed by atoms with E-state index in [1.165, 1.54) is 38.0 Å². The number of benzene rings is 6. The fourth-order valence-electron chi connectivity index (χ4n) is 6.32. The summed E-state index contributed by atoms with van der Waals surface area (Å²) in [4.78, 5) is 12.5. The van der Waals surface area contributed by atoms with Crippen LogP contribution in [0.25, 0.3) is 0 Å². The highest BCUT2D eigenvalue weighted by Crippen LogP contribution is 2.56. The predicted molar refractivity (Wildman–Crippen MR) is 214 cm³/mol. The fraction of sp³-hybridized carbons (Fsp3) is 0.0698. The minimum absolute atomic E-state index is 0. The Labute approximate surface area is 306 Å². The largest absolute Gasteiger partial charge is 1.00 e. The minimum Gasteiger partial charge on any atom is -1.00 e. The third-order valence-electron chi connectivity index (χ3n) is 8.46. The van der Waals surface area contributed by atoms with Crippen molar-refractivity contribution < 1.29 is 26.5 Å². The molecule has 50 heavy (non-hydrogen) atoms. The van der Waals surface area contributed by atoms with E-state index < -0.39 is 20.1 Å². The number of hydrogen-bond donors (Lipinski definition) is 0. The van der Waals surface area contributed by atoms with Crippen LogP contribution in [-0.4, -0.2) is 36.5 Å². The van der Waals surface area contributed by atoms with Gasteiger partial charge in [0.2, 0.25) is 0 Å². The van der Waals surface area contributed by atoms with Crippen molar-refractivity contribution in [3.63, 3.8) is 0 Å². The summed E-state index contributed by atoms with van der Waals surface area (Å²) in [5, 5.41) is 16.7. The van der Waals surface area contributed by atoms with Crippen LogP contribution in [0.2, 0.25) is 0 Å². The molecule has 0 saturated carbocycles. The number of nitrogens with zero attached hydrogens (tertiary/aromatic N) is 2. The fourth-order valence-corrected chi connectivity index (χ4v) is 14.5. The van der Waals surface area contributed by atoms with E-state index in [1.807, 2.05) is 0 Å². The van der Waals surface area contributed by atoms with Crippen molar-refractivity contribution in [2.24, 2.45) is 10.2 Å². The average molecular weight is 758 g/mol. The first-order chi connectivity index (χ1) is 24.2. The second-order valence-electron chi connectivity index (χ2n) is 11.4. The Morgan fingerprint density at radius 2 is 0.920 bits per heavy atom. The van der Waals surface area contributed by atoms with E-state index in [-0.39, 0.29) is 23.6 Å². The van der Waals surface area contributed by atoms with E-state index in [0.29, 0.717) is 6.16 Å². The summed E-state index contributed by atoms with van der Waals surface area (Å²) in [6, 6.07) is 64.4. The third-order valence-corrected chi connectivity index (χ3v) is 16.8. The molecule has 0 fully saturated rings. The van der Waals surface area contributed by atoms with Crippen LogP contribution >= 0.6 is 14.1 Å². The first-order valence-corrected chi connectivity index (χ1v) is 20.2. The van der Waals surface area contributed by atoms with Gasteiger partial charge in [-0.25, -0.2) is 4.79 Å². The molecular weight excluding hydrogens is 718 g/mol. The first-order valence-electron chi connectivity index (χ1n) is 16.4. The molecule has 6 aromatic carbocycles. The minimum atomic E-state index is -2.47. The maximum atomic E-state index is 12.5. The van der Waals surface area contributed by atoms with Gasteiger partial charge >= 0.3 is 5.97 Å². The van der Waals surface area contributed by atoms with Gasteiger partial charge in [0.05, 0.1) is 6.61 Å². The molecule has 0 bridgehead atoms. The maximum absolute atomic E-state index is 12.5. The first kappa shape index (κ1) is 36.6. The normalized spacial score (nSPS) is 11.8. The lowest BCUT2D eigenvalue weighted by atomic mass is 10.3. The van der Waals surface area contributed by atoms with E-state index in [9.17, 15) is 4.79 Å². The molecule has 250 valence electrons. The maximum Gasteiger partial charge on any atom is 0.351 e. The highest BCUT2D eigenvalue weighted by Gasteiger charge is 2.46. The molecule has 0 aromatic heterocycles. The molecule has 0 radical (unpaired) electrons. The lowest BCUT2D eigenvalue weighted by Crippen LogP contribution is -3.00. The molecule has 0 amide bonds. The van der Waals surface area contributed by atoms with E-state index in [1.54, 1.807) is 6.92 Å². The standard InChI is InChI=1S/C43H39N2O2P2.BrH/c1-2-47-43(46)33-44-45-36(34-48(37-21-9-3-10-22-37,38-23-11-4-12-24-38)39-25-13-5-14-26-39)35-49(40-27-15-6-16-28-40,41-29-17-7-18-30-41)42-31-19-8-20-32-42;/h3-34H,2,35H2,1H3;1H/q+1;/p-1/b44-33-,45-36-;. The van der Waals surface area contributed by atoms with E-state index >= 15 is 0 Å². The molecule has 4 nitrogen and oxygen atoms in total. The van der Waals surface area contributed by atoms with Crippen LogP contribution in [0.1, 0.15) is 6.92 Å². The summed E-state index contributed by atoms with van der Waals surface area (Å²) >= 11 is 0. The monoisotopic (exact) mass is 756 g/mol. The summed E-state index contributed by atoms with van der Waals surface area (Å²) in [6.45, 7) is -0.425. The lowest BCUT2D eigenvalue weighted by Gasteiger charge is -2.31. The molecule has 6 aromatic rings. The van der Waals surface area contributed by atoms with Crippen LogP contribution in [0.4, 0.5) is 0 Å². The Kier molecular flexibility index (Phi) is 13.1. The number of hydrogen-bond acceptors (Lipinski definition) is 4. The molecular formula is C43H39BrN2O2P2. The van der Waals surface area contributed by atoms with Crippen LogP contribution < -0.4 is 48.8 Å². The van der Waals surface area contributed by atoms with Gasteiger partial charge in [0.25, 0.3) is 0 Å². The molecule has 0 N–H and O–H groups in total. The molecule has 0 aliphatic rings. The molecule has 7 heteroatoms. The smallest absolute Gasteiger partial charge is 0.351 e. The Hall–Kier alpha value is -4.66. The summed E-state index contributed by atoms with van der Waals surface area (Å²) in [7, 11) is -2.38. The summed E-state index contributed by atoms with van der Waals surface area (Å²) in [5.74, 6) is 1.86. The Morgan fingerprint density at radius 3 is 1.26 bits per heavy atom. The van der Waals surface area contributed by atoms with Gasteiger partial charge in [-0.2, -0.15) is 10.2 Å². The number of ether oxygens (including phenoxy) is 1. The summed E-state index contributed by atoms with van der Waals surface area (Å²) < 4.78 is 5.19. The second kappa shape index (κ2) is 17.8. The predicted octanol–water partition coefficient (Wildman–Crippen LogP) is 3.77. The van der Waals surface area contributed by atoms with Gasteiger partial charge in [0, 0.05) is 0 Å². The van der Waals surface area contributed by atoms with Crippen LogP contribution in [0, 0.1) is 0 Å².